The first-order valence-electron chi connectivity index (χ1n) is 11.0. The fourth-order valence-corrected chi connectivity index (χ4v) is 3.81. The van der Waals surface area contributed by atoms with Crippen molar-refractivity contribution in [3.05, 3.63) is 12.2 Å². The van der Waals surface area contributed by atoms with Crippen molar-refractivity contribution in [3.8, 4) is 0 Å². The molecule has 1 heterocycles. The van der Waals surface area contributed by atoms with Crippen LogP contribution in [0.5, 0.6) is 0 Å². The van der Waals surface area contributed by atoms with Gasteiger partial charge in [0.25, 0.3) is 0 Å². The Labute approximate surface area is 208 Å². The molecule has 0 bridgehead atoms. The molecule has 1 rings (SSSR count). The molecular weight excluding hydrogens is 446 g/mol. The lowest BCUT2D eigenvalue weighted by Gasteiger charge is -2.36. The smallest absolute Gasteiger partial charge is 0.409 e. The molecule has 188 valence electrons. The van der Waals surface area contributed by atoms with Crippen molar-refractivity contribution < 1.29 is 19.1 Å². The minimum atomic E-state index is -0.825. The molecule has 0 aromatic heterocycles. The molecule has 0 saturated heterocycles. The summed E-state index contributed by atoms with van der Waals surface area (Å²) in [7, 11) is 1.67. The first kappa shape index (κ1) is 33.1. The van der Waals surface area contributed by atoms with Gasteiger partial charge in [-0.1, -0.05) is 26.0 Å². The molecule has 0 saturated carbocycles. The molecule has 1 aliphatic heterocycles. The monoisotopic (exact) mass is 491 g/mol. The van der Waals surface area contributed by atoms with Crippen LogP contribution in [-0.4, -0.2) is 66.4 Å². The van der Waals surface area contributed by atoms with E-state index < -0.39 is 17.2 Å². The minimum Gasteiger partial charge on any atom is -0.445 e. The number of allylic oxidation sites excluding steroid dienone is 1. The van der Waals surface area contributed by atoms with Crippen LogP contribution in [0.3, 0.4) is 0 Å². The Morgan fingerprint density at radius 2 is 1.75 bits per heavy atom. The fourth-order valence-electron chi connectivity index (χ4n) is 3.81. The Morgan fingerprint density at radius 1 is 1.12 bits per heavy atom. The highest BCUT2D eigenvalue weighted by atomic mass is 32.1. The van der Waals surface area contributed by atoms with Crippen molar-refractivity contribution in [1.29, 1.82) is 0 Å². The lowest BCUT2D eigenvalue weighted by molar-refractivity contribution is -0.129. The van der Waals surface area contributed by atoms with E-state index in [-0.39, 0.29) is 63.7 Å². The maximum atomic E-state index is 13.3. The second-order valence-corrected chi connectivity index (χ2v) is 9.37. The summed E-state index contributed by atoms with van der Waals surface area (Å²) in [4.78, 5) is 39.8. The topological polar surface area (TPSA) is 87.7 Å². The third kappa shape index (κ3) is 10.3. The van der Waals surface area contributed by atoms with Crippen molar-refractivity contribution in [2.24, 2.45) is 5.92 Å². The molecule has 0 radical (unpaired) electrons. The van der Waals surface area contributed by atoms with Crippen LogP contribution in [0.1, 0.15) is 67.2 Å². The number of cyclic esters (lactones) is 1. The van der Waals surface area contributed by atoms with Crippen LogP contribution in [0.4, 0.5) is 4.79 Å². The Balaban J connectivity index is 0. The summed E-state index contributed by atoms with van der Waals surface area (Å²) >= 11 is 0. The average Bonchev–Trinajstić information content (AvgIpc) is 2.67. The van der Waals surface area contributed by atoms with Gasteiger partial charge in [-0.05, 0) is 53.4 Å². The predicted octanol–water partition coefficient (Wildman–Crippen LogP) is 3.31. The molecule has 0 unspecified atom stereocenters. The third-order valence-electron chi connectivity index (χ3n) is 5.71. The molecular formula is C23H45N3O4S2. The van der Waals surface area contributed by atoms with Crippen molar-refractivity contribution in [2.45, 2.75) is 84.3 Å². The minimum absolute atomic E-state index is 0. The van der Waals surface area contributed by atoms with Crippen molar-refractivity contribution in [2.75, 3.05) is 26.7 Å². The molecule has 32 heavy (non-hydrogen) atoms. The molecule has 1 amide bonds. The van der Waals surface area contributed by atoms with Crippen LogP contribution in [0.2, 0.25) is 0 Å². The molecule has 2 atom stereocenters. The van der Waals surface area contributed by atoms with Gasteiger partial charge in [0.1, 0.15) is 6.61 Å². The predicted molar refractivity (Wildman–Crippen MR) is 140 cm³/mol. The Morgan fingerprint density at radius 3 is 2.31 bits per heavy atom. The van der Waals surface area contributed by atoms with Crippen LogP contribution < -0.4 is 10.6 Å². The molecule has 9 heteroatoms. The van der Waals surface area contributed by atoms with Crippen LogP contribution >= 0.6 is 27.0 Å². The number of amides is 1. The van der Waals surface area contributed by atoms with Gasteiger partial charge in [-0.2, -0.15) is 27.0 Å². The number of Topliss-reactive ketones (excluding diaryl/α,β-unsaturated/α-hetero) is 2. The maximum absolute atomic E-state index is 13.3. The molecule has 7 nitrogen and oxygen atoms in total. The number of hydrogen-bond donors (Lipinski definition) is 2. The molecule has 0 fully saturated rings. The van der Waals surface area contributed by atoms with E-state index in [0.29, 0.717) is 19.4 Å². The van der Waals surface area contributed by atoms with E-state index >= 15 is 0 Å². The van der Waals surface area contributed by atoms with Crippen LogP contribution in [0, 0.1) is 5.92 Å². The highest BCUT2D eigenvalue weighted by Crippen LogP contribution is 2.21. The zero-order valence-electron chi connectivity index (χ0n) is 20.8. The van der Waals surface area contributed by atoms with E-state index in [1.165, 1.54) is 4.90 Å². The highest BCUT2D eigenvalue weighted by Gasteiger charge is 2.38. The van der Waals surface area contributed by atoms with E-state index in [4.69, 9.17) is 4.74 Å². The van der Waals surface area contributed by atoms with Gasteiger partial charge in [-0.25, -0.2) is 4.79 Å². The lowest BCUT2D eigenvalue weighted by atomic mass is 9.83. The summed E-state index contributed by atoms with van der Waals surface area (Å²) < 4.78 is 5.27. The SMILES string of the molecule is CC(C)N[C@@]1(C)CCN(C)C(=O)OCC=CCCC[C@@](C)(C(=O)C(C)C)NCC1=O.S.S. The number of ether oxygens (including phenoxy) is 1. The quantitative estimate of drug-likeness (QED) is 0.587. The van der Waals surface area contributed by atoms with E-state index in [0.717, 1.165) is 12.8 Å². The van der Waals surface area contributed by atoms with Gasteiger partial charge in [-0.15, -0.1) is 0 Å². The second kappa shape index (κ2) is 15.0. The molecule has 2 N–H and O–H groups in total. The maximum Gasteiger partial charge on any atom is 0.409 e. The first-order valence-corrected chi connectivity index (χ1v) is 11.0. The van der Waals surface area contributed by atoms with E-state index in [1.807, 2.05) is 53.7 Å². The fraction of sp³-hybridized carbons (Fsp3) is 0.783. The van der Waals surface area contributed by atoms with Crippen LogP contribution in [-0.2, 0) is 14.3 Å². The van der Waals surface area contributed by atoms with Crippen molar-refractivity contribution in [3.63, 3.8) is 0 Å². The van der Waals surface area contributed by atoms with Gasteiger partial charge < -0.3 is 15.0 Å². The summed E-state index contributed by atoms with van der Waals surface area (Å²) in [6.45, 7) is 12.2. The summed E-state index contributed by atoms with van der Waals surface area (Å²) in [5.74, 6) is -0.0210. The van der Waals surface area contributed by atoms with Crippen LogP contribution in [0.25, 0.3) is 0 Å². The number of rotatable bonds is 4. The average molecular weight is 492 g/mol. The highest BCUT2D eigenvalue weighted by molar-refractivity contribution is 7.59. The number of nitrogens with zero attached hydrogens (tertiary/aromatic N) is 1. The van der Waals surface area contributed by atoms with Crippen molar-refractivity contribution in [1.82, 2.24) is 15.5 Å². The van der Waals surface area contributed by atoms with E-state index in [1.54, 1.807) is 7.05 Å². The Kier molecular flexibility index (Phi) is 15.5. The zero-order valence-corrected chi connectivity index (χ0v) is 22.8. The summed E-state index contributed by atoms with van der Waals surface area (Å²) in [6.07, 6.45) is 6.05. The number of hydrogen-bond acceptors (Lipinski definition) is 6. The number of nitrogens with one attached hydrogen (secondary N) is 2. The van der Waals surface area contributed by atoms with Gasteiger partial charge >= 0.3 is 6.09 Å². The van der Waals surface area contributed by atoms with Gasteiger partial charge in [0.05, 0.1) is 17.6 Å². The Hall–Kier alpha value is -1.03. The number of carbonyl (C=O) groups is 3. The lowest BCUT2D eigenvalue weighted by Crippen LogP contribution is -2.60. The van der Waals surface area contributed by atoms with Gasteiger partial charge in [-0.3, -0.25) is 14.9 Å². The second-order valence-electron chi connectivity index (χ2n) is 9.37. The Bertz CT molecular complexity index is 643. The normalized spacial score (nSPS) is 26.3. The summed E-state index contributed by atoms with van der Waals surface area (Å²) in [5.41, 5.74) is -1.58. The van der Waals surface area contributed by atoms with Crippen molar-refractivity contribution >= 4 is 44.7 Å². The largest absolute Gasteiger partial charge is 0.445 e. The van der Waals surface area contributed by atoms with Gasteiger partial charge in [0.15, 0.2) is 11.6 Å². The van der Waals surface area contributed by atoms with Gasteiger partial charge in [0.2, 0.25) is 0 Å². The van der Waals surface area contributed by atoms with E-state index in [9.17, 15) is 14.4 Å². The first-order chi connectivity index (χ1) is 13.9. The summed E-state index contributed by atoms with van der Waals surface area (Å²) in [5, 5.41) is 6.65. The van der Waals surface area contributed by atoms with Crippen LogP contribution in [0.15, 0.2) is 12.2 Å². The number of carbonyl (C=O) groups excluding carboxylic acids is 3. The summed E-state index contributed by atoms with van der Waals surface area (Å²) in [6, 6.07) is 0.0932. The molecule has 0 aromatic carbocycles. The molecule has 0 aliphatic carbocycles. The molecule has 0 aromatic rings. The van der Waals surface area contributed by atoms with E-state index in [2.05, 4.69) is 10.6 Å². The zero-order chi connectivity index (χ0) is 22.9. The molecule has 0 spiro atoms. The number of ketones is 2. The van der Waals surface area contributed by atoms with Gasteiger partial charge in [0, 0.05) is 25.6 Å². The molecule has 1 aliphatic rings. The third-order valence-corrected chi connectivity index (χ3v) is 5.71. The standard InChI is InChI=1S/C23H41N3O4.2H2S/c1-17(2)20(28)23(6)12-10-8-9-11-15-30-21(29)26(7)14-13-22(5,25-18(3)4)19(27)16-24-23;;/h9,11,17-18,24-25H,8,10,12-16H2,1-7H3;2*1H2/t22-,23-;;/m0../s1.